The molecule has 1 saturated heterocycles. The minimum absolute atomic E-state index is 0.0558. The minimum atomic E-state index is -0.932. The van der Waals surface area contributed by atoms with Crippen molar-refractivity contribution in [2.75, 3.05) is 36.9 Å². The van der Waals surface area contributed by atoms with E-state index in [4.69, 9.17) is 20.6 Å². The second-order valence-corrected chi connectivity index (χ2v) is 8.71. The Bertz CT molecular complexity index is 1490. The summed E-state index contributed by atoms with van der Waals surface area (Å²) >= 11 is 0. The Morgan fingerprint density at radius 2 is 2.00 bits per heavy atom. The number of rotatable bonds is 4. The van der Waals surface area contributed by atoms with Gasteiger partial charge in [-0.15, -0.1) is 0 Å². The van der Waals surface area contributed by atoms with Gasteiger partial charge in [0, 0.05) is 36.0 Å². The molecule has 0 bridgehead atoms. The maximum atomic E-state index is 14.2. The summed E-state index contributed by atoms with van der Waals surface area (Å²) in [5.74, 6) is 0.704. The van der Waals surface area contributed by atoms with E-state index in [1.54, 1.807) is 10.8 Å². The number of nitrogens with zero attached hydrogens (tertiary/aromatic N) is 6. The van der Waals surface area contributed by atoms with Crippen molar-refractivity contribution in [2.45, 2.75) is 19.1 Å². The first-order valence-electron chi connectivity index (χ1n) is 11.5. The number of nitrogens with two attached hydrogens (primary N) is 1. The molecule has 1 aliphatic carbocycles. The lowest BCUT2D eigenvalue weighted by atomic mass is 10.00. The number of aromatic nitrogens is 5. The van der Waals surface area contributed by atoms with E-state index in [-0.39, 0.29) is 12.2 Å². The lowest BCUT2D eigenvalue weighted by Gasteiger charge is -2.29. The number of pyridine rings is 1. The van der Waals surface area contributed by atoms with Crippen LogP contribution in [0, 0.1) is 0 Å². The van der Waals surface area contributed by atoms with Gasteiger partial charge in [0.2, 0.25) is 0 Å². The second kappa shape index (κ2) is 8.71. The molecule has 1 unspecified atom stereocenters. The normalized spacial score (nSPS) is 18.7. The van der Waals surface area contributed by atoms with Crippen LogP contribution in [0.15, 0.2) is 54.6 Å². The van der Waals surface area contributed by atoms with Crippen LogP contribution in [0.2, 0.25) is 0 Å². The molecule has 0 spiro atoms. The van der Waals surface area contributed by atoms with Crippen molar-refractivity contribution in [1.82, 2.24) is 24.7 Å². The molecule has 1 aromatic carbocycles. The first-order valence-corrected chi connectivity index (χ1v) is 11.5. The van der Waals surface area contributed by atoms with Gasteiger partial charge in [0.05, 0.1) is 36.8 Å². The number of halogens is 1. The summed E-state index contributed by atoms with van der Waals surface area (Å²) in [7, 11) is 0. The van der Waals surface area contributed by atoms with Crippen molar-refractivity contribution in [3.05, 3.63) is 65.9 Å². The van der Waals surface area contributed by atoms with E-state index >= 15 is 0 Å². The van der Waals surface area contributed by atoms with Gasteiger partial charge in [0.25, 0.3) is 0 Å². The molecule has 0 saturated carbocycles. The summed E-state index contributed by atoms with van der Waals surface area (Å²) in [5.41, 5.74) is 9.53. The van der Waals surface area contributed by atoms with Crippen molar-refractivity contribution < 1.29 is 14.2 Å². The number of para-hydroxylation sites is 1. The highest BCUT2D eigenvalue weighted by molar-refractivity contribution is 5.98. The highest BCUT2D eigenvalue weighted by Gasteiger charge is 2.24. The molecule has 3 N–H and O–H groups in total. The summed E-state index contributed by atoms with van der Waals surface area (Å²) in [4.78, 5) is 15.8. The standard InChI is InChI=1S/C25H24FN7O2/c26-18-10-16(11-19(34)12-18)22-21-23(27)28-14-29-25(21)33(31-22)13-17-9-15-3-1-2-4-20(15)30-24(17)32-5-7-35-8-6-32/h1-4,9-11,14,19,34H,5-8,12-13H2,(H2,27,28,29). The molecule has 1 fully saturated rings. The van der Waals surface area contributed by atoms with Crippen LogP contribution in [0.25, 0.3) is 27.5 Å². The third kappa shape index (κ3) is 4.00. The van der Waals surface area contributed by atoms with E-state index in [1.807, 2.05) is 24.3 Å². The zero-order chi connectivity index (χ0) is 23.9. The molecule has 0 amide bonds. The second-order valence-electron chi connectivity index (χ2n) is 8.71. The van der Waals surface area contributed by atoms with E-state index in [2.05, 4.69) is 20.9 Å². The smallest absolute Gasteiger partial charge is 0.164 e. The van der Waals surface area contributed by atoms with Gasteiger partial charge in [-0.25, -0.2) is 24.0 Å². The third-order valence-electron chi connectivity index (χ3n) is 6.33. The summed E-state index contributed by atoms with van der Waals surface area (Å²) in [6.07, 6.45) is 3.36. The zero-order valence-electron chi connectivity index (χ0n) is 18.9. The van der Waals surface area contributed by atoms with Gasteiger partial charge in [-0.2, -0.15) is 5.10 Å². The Balaban J connectivity index is 1.50. The number of aliphatic hydroxyl groups excluding tert-OH is 1. The molecule has 1 aliphatic heterocycles. The Labute approximate surface area is 200 Å². The van der Waals surface area contributed by atoms with Crippen LogP contribution in [0.5, 0.6) is 0 Å². The largest absolute Gasteiger partial charge is 0.389 e. The first-order chi connectivity index (χ1) is 17.1. The van der Waals surface area contributed by atoms with Crippen molar-refractivity contribution in [3.63, 3.8) is 0 Å². The summed E-state index contributed by atoms with van der Waals surface area (Å²) < 4.78 is 21.5. The highest BCUT2D eigenvalue weighted by atomic mass is 19.1. The predicted molar refractivity (Wildman–Crippen MR) is 131 cm³/mol. The number of aliphatic hydroxyl groups is 1. The lowest BCUT2D eigenvalue weighted by Crippen LogP contribution is -2.37. The fraction of sp³-hybridized carbons (Fsp3) is 0.280. The number of ether oxygens (including phenoxy) is 1. The van der Waals surface area contributed by atoms with Crippen molar-refractivity contribution in [3.8, 4) is 0 Å². The molecule has 35 heavy (non-hydrogen) atoms. The van der Waals surface area contributed by atoms with E-state index in [1.165, 1.54) is 12.4 Å². The van der Waals surface area contributed by atoms with E-state index in [9.17, 15) is 9.50 Å². The molecular weight excluding hydrogens is 449 g/mol. The molecular formula is C25H24FN7O2. The Kier molecular flexibility index (Phi) is 5.39. The predicted octanol–water partition coefficient (Wildman–Crippen LogP) is 2.84. The van der Waals surface area contributed by atoms with Crippen LogP contribution in [-0.4, -0.2) is 62.2 Å². The van der Waals surface area contributed by atoms with E-state index < -0.39 is 11.9 Å². The minimum Gasteiger partial charge on any atom is -0.389 e. The molecule has 0 radical (unpaired) electrons. The number of morpholine rings is 1. The van der Waals surface area contributed by atoms with Gasteiger partial charge in [-0.1, -0.05) is 18.2 Å². The molecule has 6 rings (SSSR count). The van der Waals surface area contributed by atoms with Gasteiger partial charge >= 0.3 is 0 Å². The molecule has 178 valence electrons. The monoisotopic (exact) mass is 473 g/mol. The van der Waals surface area contributed by atoms with E-state index in [0.717, 1.165) is 35.4 Å². The van der Waals surface area contributed by atoms with Gasteiger partial charge in [0.1, 0.15) is 29.5 Å². The quantitative estimate of drug-likeness (QED) is 0.465. The Morgan fingerprint density at radius 1 is 1.17 bits per heavy atom. The van der Waals surface area contributed by atoms with Crippen LogP contribution in [-0.2, 0) is 11.3 Å². The highest BCUT2D eigenvalue weighted by Crippen LogP contribution is 2.33. The van der Waals surface area contributed by atoms with E-state index in [0.29, 0.717) is 42.1 Å². The maximum absolute atomic E-state index is 14.2. The van der Waals surface area contributed by atoms with Crippen molar-refractivity contribution in [1.29, 1.82) is 0 Å². The average Bonchev–Trinajstić information content (AvgIpc) is 3.23. The molecule has 1 atom stereocenters. The third-order valence-corrected chi connectivity index (χ3v) is 6.33. The van der Waals surface area contributed by atoms with Gasteiger partial charge in [-0.3, -0.25) is 0 Å². The van der Waals surface area contributed by atoms with Crippen molar-refractivity contribution >= 4 is 39.1 Å². The summed E-state index contributed by atoms with van der Waals surface area (Å²) in [6.45, 7) is 3.14. The average molecular weight is 474 g/mol. The van der Waals surface area contributed by atoms with Crippen LogP contribution >= 0.6 is 0 Å². The number of benzene rings is 1. The van der Waals surface area contributed by atoms with Crippen LogP contribution < -0.4 is 10.6 Å². The topological polar surface area (TPSA) is 115 Å². The number of hydrogen-bond donors (Lipinski definition) is 2. The molecule has 4 heterocycles. The van der Waals surface area contributed by atoms with Gasteiger partial charge < -0.3 is 20.5 Å². The number of allylic oxidation sites excluding steroid dienone is 2. The molecule has 4 aromatic rings. The summed E-state index contributed by atoms with van der Waals surface area (Å²) in [6, 6.07) is 10.1. The Hall–Kier alpha value is -3.89. The number of anilines is 2. The molecule has 10 heteroatoms. The zero-order valence-corrected chi connectivity index (χ0v) is 18.9. The number of fused-ring (bicyclic) bond motifs is 2. The van der Waals surface area contributed by atoms with Crippen molar-refractivity contribution in [2.24, 2.45) is 0 Å². The fourth-order valence-electron chi connectivity index (χ4n) is 4.71. The SMILES string of the molecule is Nc1ncnc2c1c(C1=CC(O)CC(F)=C1)nn2Cc1cc2ccccc2nc1N1CCOCC1. The molecule has 9 nitrogen and oxygen atoms in total. The number of nitrogen functional groups attached to an aromatic ring is 1. The fourth-order valence-corrected chi connectivity index (χ4v) is 4.71. The van der Waals surface area contributed by atoms with Crippen LogP contribution in [0.3, 0.4) is 0 Å². The molecule has 3 aromatic heterocycles. The summed E-state index contributed by atoms with van der Waals surface area (Å²) in [5, 5.41) is 16.4. The van der Waals surface area contributed by atoms with Gasteiger partial charge in [0.15, 0.2) is 5.65 Å². The van der Waals surface area contributed by atoms with Crippen LogP contribution in [0.4, 0.5) is 16.0 Å². The molecule has 2 aliphatic rings. The van der Waals surface area contributed by atoms with Gasteiger partial charge in [-0.05, 0) is 24.3 Å². The number of hydrogen-bond acceptors (Lipinski definition) is 8. The maximum Gasteiger partial charge on any atom is 0.164 e. The lowest BCUT2D eigenvalue weighted by molar-refractivity contribution is 0.122. The van der Waals surface area contributed by atoms with Crippen LogP contribution in [0.1, 0.15) is 17.7 Å². The first kappa shape index (κ1) is 21.6. The Morgan fingerprint density at radius 3 is 2.83 bits per heavy atom.